The van der Waals surface area contributed by atoms with Gasteiger partial charge in [-0.15, -0.1) is 0 Å². The average molecular weight is 259 g/mol. The van der Waals surface area contributed by atoms with Crippen molar-refractivity contribution in [3.63, 3.8) is 0 Å². The van der Waals surface area contributed by atoms with Gasteiger partial charge in [0.25, 0.3) is 0 Å². The van der Waals surface area contributed by atoms with Crippen LogP contribution in [-0.4, -0.2) is 6.54 Å². The number of rotatable bonds is 3. The third-order valence-corrected chi connectivity index (χ3v) is 5.01. The molecule has 0 radical (unpaired) electrons. The number of benzene rings is 1. The van der Waals surface area contributed by atoms with Crippen LogP contribution < -0.4 is 5.73 Å². The molecule has 3 atom stereocenters. The van der Waals surface area contributed by atoms with Gasteiger partial charge >= 0.3 is 0 Å². The van der Waals surface area contributed by atoms with Gasteiger partial charge < -0.3 is 5.73 Å². The molecular formula is C18H29N. The molecule has 0 saturated heterocycles. The summed E-state index contributed by atoms with van der Waals surface area (Å²) in [7, 11) is 0. The van der Waals surface area contributed by atoms with Gasteiger partial charge in [-0.2, -0.15) is 0 Å². The first kappa shape index (κ1) is 14.6. The summed E-state index contributed by atoms with van der Waals surface area (Å²) in [4.78, 5) is 0. The standard InChI is InChI=1S/C18H29N/c1-12-5-6-16(11-19)17(9-12)10-18-14(3)7-13(2)8-15(18)4/h7-8,12,16-17H,5-6,9-11,19H2,1-4H3. The zero-order valence-corrected chi connectivity index (χ0v) is 13.0. The predicted octanol–water partition coefficient (Wildman–Crippen LogP) is 4.17. The molecule has 0 aromatic heterocycles. The minimum atomic E-state index is 0.733. The first-order valence-electron chi connectivity index (χ1n) is 7.78. The van der Waals surface area contributed by atoms with Crippen LogP contribution in [0, 0.1) is 38.5 Å². The van der Waals surface area contributed by atoms with Crippen LogP contribution in [0.4, 0.5) is 0 Å². The Bertz CT molecular complexity index is 412. The largest absolute Gasteiger partial charge is 0.330 e. The van der Waals surface area contributed by atoms with E-state index in [0.29, 0.717) is 0 Å². The fourth-order valence-electron chi connectivity index (χ4n) is 3.92. The van der Waals surface area contributed by atoms with Crippen LogP contribution in [0.5, 0.6) is 0 Å². The third-order valence-electron chi connectivity index (χ3n) is 5.01. The Morgan fingerprint density at radius 3 is 2.26 bits per heavy atom. The highest BCUT2D eigenvalue weighted by Gasteiger charge is 2.28. The second-order valence-electron chi connectivity index (χ2n) is 6.76. The van der Waals surface area contributed by atoms with E-state index in [-0.39, 0.29) is 0 Å². The lowest BCUT2D eigenvalue weighted by molar-refractivity contribution is 0.193. The molecule has 0 heterocycles. The predicted molar refractivity (Wildman–Crippen MR) is 83.4 cm³/mol. The third kappa shape index (κ3) is 3.39. The molecule has 3 unspecified atom stereocenters. The minimum Gasteiger partial charge on any atom is -0.330 e. The van der Waals surface area contributed by atoms with Crippen molar-refractivity contribution in [2.45, 2.75) is 53.4 Å². The fraction of sp³-hybridized carbons (Fsp3) is 0.667. The minimum absolute atomic E-state index is 0.733. The number of nitrogens with two attached hydrogens (primary N) is 1. The summed E-state index contributed by atoms with van der Waals surface area (Å²) < 4.78 is 0. The van der Waals surface area contributed by atoms with Gasteiger partial charge in [-0.25, -0.2) is 0 Å². The Kier molecular flexibility index (Phi) is 4.67. The van der Waals surface area contributed by atoms with Crippen molar-refractivity contribution in [1.82, 2.24) is 0 Å². The number of aryl methyl sites for hydroxylation is 3. The molecule has 1 aromatic carbocycles. The SMILES string of the molecule is Cc1cc(C)c(CC2CC(C)CCC2CN)c(C)c1. The smallest absolute Gasteiger partial charge is 0.00461 e. The summed E-state index contributed by atoms with van der Waals surface area (Å²) in [6, 6.07) is 4.65. The van der Waals surface area contributed by atoms with Crippen molar-refractivity contribution in [3.05, 3.63) is 34.4 Å². The summed E-state index contributed by atoms with van der Waals surface area (Å²) in [6.45, 7) is 9.98. The molecule has 0 aliphatic heterocycles. The van der Waals surface area contributed by atoms with Gasteiger partial charge in [0.05, 0.1) is 0 Å². The summed E-state index contributed by atoms with van der Waals surface area (Å²) in [5.41, 5.74) is 11.9. The molecule has 0 amide bonds. The van der Waals surface area contributed by atoms with Gasteiger partial charge in [-0.1, -0.05) is 31.0 Å². The van der Waals surface area contributed by atoms with E-state index in [9.17, 15) is 0 Å². The quantitative estimate of drug-likeness (QED) is 0.866. The lowest BCUT2D eigenvalue weighted by Gasteiger charge is -2.35. The Morgan fingerprint density at radius 2 is 1.68 bits per heavy atom. The first-order valence-corrected chi connectivity index (χ1v) is 7.78. The van der Waals surface area contributed by atoms with E-state index in [1.54, 1.807) is 5.56 Å². The molecule has 1 aliphatic carbocycles. The van der Waals surface area contributed by atoms with Crippen molar-refractivity contribution in [2.24, 2.45) is 23.5 Å². The maximum Gasteiger partial charge on any atom is -0.00461 e. The fourth-order valence-corrected chi connectivity index (χ4v) is 3.92. The topological polar surface area (TPSA) is 26.0 Å². The average Bonchev–Trinajstić information content (AvgIpc) is 2.34. The van der Waals surface area contributed by atoms with Crippen LogP contribution in [-0.2, 0) is 6.42 Å². The van der Waals surface area contributed by atoms with Crippen molar-refractivity contribution in [2.75, 3.05) is 6.54 Å². The Labute approximate surface area is 118 Å². The molecular weight excluding hydrogens is 230 g/mol. The van der Waals surface area contributed by atoms with Gasteiger partial charge in [0.2, 0.25) is 0 Å². The van der Waals surface area contributed by atoms with Crippen LogP contribution in [0.15, 0.2) is 12.1 Å². The molecule has 0 spiro atoms. The molecule has 2 rings (SSSR count). The van der Waals surface area contributed by atoms with Crippen LogP contribution in [0.2, 0.25) is 0 Å². The lowest BCUT2D eigenvalue weighted by Crippen LogP contribution is -2.31. The summed E-state index contributed by atoms with van der Waals surface area (Å²) in [5, 5.41) is 0. The molecule has 1 saturated carbocycles. The first-order chi connectivity index (χ1) is 9.01. The van der Waals surface area contributed by atoms with Gasteiger partial charge in [-0.05, 0) is 81.0 Å². The Morgan fingerprint density at radius 1 is 1.05 bits per heavy atom. The molecule has 19 heavy (non-hydrogen) atoms. The lowest BCUT2D eigenvalue weighted by atomic mass is 9.71. The van der Waals surface area contributed by atoms with Crippen LogP contribution in [0.3, 0.4) is 0 Å². The van der Waals surface area contributed by atoms with Crippen LogP contribution in [0.25, 0.3) is 0 Å². The second-order valence-corrected chi connectivity index (χ2v) is 6.76. The summed E-state index contributed by atoms with van der Waals surface area (Å²) >= 11 is 0. The van der Waals surface area contributed by atoms with Gasteiger partial charge in [0, 0.05) is 0 Å². The van der Waals surface area contributed by atoms with E-state index in [1.807, 2.05) is 0 Å². The van der Waals surface area contributed by atoms with Crippen molar-refractivity contribution >= 4 is 0 Å². The van der Waals surface area contributed by atoms with Gasteiger partial charge in [0.15, 0.2) is 0 Å². The second kappa shape index (κ2) is 6.09. The zero-order chi connectivity index (χ0) is 14.0. The number of hydrogen-bond acceptors (Lipinski definition) is 1. The van der Waals surface area contributed by atoms with Crippen molar-refractivity contribution < 1.29 is 0 Å². The van der Waals surface area contributed by atoms with E-state index in [4.69, 9.17) is 5.73 Å². The van der Waals surface area contributed by atoms with Gasteiger partial charge in [-0.3, -0.25) is 0 Å². The molecule has 106 valence electrons. The molecule has 0 bridgehead atoms. The molecule has 1 heteroatoms. The van der Waals surface area contributed by atoms with E-state index in [0.717, 1.165) is 24.3 Å². The summed E-state index contributed by atoms with van der Waals surface area (Å²) in [5.74, 6) is 2.39. The molecule has 1 aromatic rings. The highest BCUT2D eigenvalue weighted by Crippen LogP contribution is 2.36. The van der Waals surface area contributed by atoms with E-state index in [1.165, 1.54) is 42.4 Å². The zero-order valence-electron chi connectivity index (χ0n) is 13.0. The Hall–Kier alpha value is -0.820. The monoisotopic (exact) mass is 259 g/mol. The van der Waals surface area contributed by atoms with E-state index >= 15 is 0 Å². The van der Waals surface area contributed by atoms with Crippen LogP contribution >= 0.6 is 0 Å². The van der Waals surface area contributed by atoms with Gasteiger partial charge in [0.1, 0.15) is 0 Å². The van der Waals surface area contributed by atoms with Crippen molar-refractivity contribution in [3.8, 4) is 0 Å². The number of hydrogen-bond donors (Lipinski definition) is 1. The van der Waals surface area contributed by atoms with E-state index in [2.05, 4.69) is 39.8 Å². The molecule has 1 aliphatic rings. The summed E-state index contributed by atoms with van der Waals surface area (Å²) in [6.07, 6.45) is 5.27. The molecule has 1 fully saturated rings. The van der Waals surface area contributed by atoms with Crippen LogP contribution in [0.1, 0.15) is 48.4 Å². The maximum absolute atomic E-state index is 5.99. The van der Waals surface area contributed by atoms with Crippen molar-refractivity contribution in [1.29, 1.82) is 0 Å². The Balaban J connectivity index is 2.19. The highest BCUT2D eigenvalue weighted by atomic mass is 14.6. The molecule has 2 N–H and O–H groups in total. The molecule has 1 nitrogen and oxygen atoms in total. The van der Waals surface area contributed by atoms with E-state index < -0.39 is 0 Å². The highest BCUT2D eigenvalue weighted by molar-refractivity contribution is 5.37. The maximum atomic E-state index is 5.99. The normalized spacial score (nSPS) is 27.5.